The summed E-state index contributed by atoms with van der Waals surface area (Å²) in [6.45, 7) is 2.41. The van der Waals surface area contributed by atoms with E-state index in [4.69, 9.17) is 9.84 Å². The molecule has 2 rings (SSSR count). The minimum atomic E-state index is -1.27. The average molecular weight is 238 g/mol. The van der Waals surface area contributed by atoms with E-state index >= 15 is 0 Å². The van der Waals surface area contributed by atoms with E-state index < -0.39 is 11.5 Å². The standard InChI is InChI=1S/C11H14N2O4/c1-2-17-8(6-3-4-6)9-12-5-7(11(15)16)10(14)13-9/h5-6,8H,2-4H2,1H3,(H,15,16)(H,12,13,14). The van der Waals surface area contributed by atoms with E-state index in [9.17, 15) is 9.59 Å². The largest absolute Gasteiger partial charge is 0.477 e. The van der Waals surface area contributed by atoms with Gasteiger partial charge in [-0.05, 0) is 25.7 Å². The first-order chi connectivity index (χ1) is 8.13. The highest BCUT2D eigenvalue weighted by Crippen LogP contribution is 2.41. The third-order valence-corrected chi connectivity index (χ3v) is 2.72. The van der Waals surface area contributed by atoms with Crippen LogP contribution in [0.25, 0.3) is 0 Å². The van der Waals surface area contributed by atoms with E-state index in [1.54, 1.807) is 0 Å². The Hall–Kier alpha value is -1.69. The zero-order chi connectivity index (χ0) is 12.4. The number of nitrogens with one attached hydrogen (secondary N) is 1. The lowest BCUT2D eigenvalue weighted by Crippen LogP contribution is -2.23. The highest BCUT2D eigenvalue weighted by Gasteiger charge is 2.34. The molecule has 6 nitrogen and oxygen atoms in total. The van der Waals surface area contributed by atoms with Gasteiger partial charge in [0.15, 0.2) is 0 Å². The second-order valence-corrected chi connectivity index (χ2v) is 4.03. The van der Waals surface area contributed by atoms with Gasteiger partial charge in [0.05, 0.1) is 0 Å². The molecule has 0 aromatic carbocycles. The van der Waals surface area contributed by atoms with E-state index in [0.717, 1.165) is 19.0 Å². The molecule has 1 fully saturated rings. The number of carboxylic acid groups (broad SMARTS) is 1. The van der Waals surface area contributed by atoms with Gasteiger partial charge in [-0.3, -0.25) is 4.79 Å². The van der Waals surface area contributed by atoms with Crippen molar-refractivity contribution in [3.8, 4) is 0 Å². The van der Waals surface area contributed by atoms with Gasteiger partial charge >= 0.3 is 5.97 Å². The zero-order valence-corrected chi connectivity index (χ0v) is 9.47. The summed E-state index contributed by atoms with van der Waals surface area (Å²) < 4.78 is 5.53. The van der Waals surface area contributed by atoms with Crippen molar-refractivity contribution in [3.63, 3.8) is 0 Å². The van der Waals surface area contributed by atoms with E-state index in [1.165, 1.54) is 0 Å². The number of aromatic carboxylic acids is 1. The van der Waals surface area contributed by atoms with E-state index in [1.807, 2.05) is 6.92 Å². The first kappa shape index (κ1) is 11.8. The number of hydrogen-bond acceptors (Lipinski definition) is 4. The molecule has 1 unspecified atom stereocenters. The fourth-order valence-electron chi connectivity index (χ4n) is 1.72. The number of ether oxygens (including phenoxy) is 1. The highest BCUT2D eigenvalue weighted by atomic mass is 16.5. The monoisotopic (exact) mass is 238 g/mol. The molecule has 0 amide bonds. The number of nitrogens with zero attached hydrogens (tertiary/aromatic N) is 1. The third kappa shape index (κ3) is 2.52. The molecule has 1 heterocycles. The van der Waals surface area contributed by atoms with Crippen molar-refractivity contribution in [3.05, 3.63) is 27.9 Å². The Bertz CT molecular complexity index is 479. The van der Waals surface area contributed by atoms with E-state index in [0.29, 0.717) is 18.3 Å². The first-order valence-electron chi connectivity index (χ1n) is 5.57. The topological polar surface area (TPSA) is 92.3 Å². The summed E-state index contributed by atoms with van der Waals surface area (Å²) in [5.74, 6) is -0.470. The van der Waals surface area contributed by atoms with Gasteiger partial charge in [-0.15, -0.1) is 0 Å². The van der Waals surface area contributed by atoms with Crippen LogP contribution in [0.5, 0.6) is 0 Å². The van der Waals surface area contributed by atoms with Gasteiger partial charge < -0.3 is 14.8 Å². The van der Waals surface area contributed by atoms with Crippen LogP contribution in [0.2, 0.25) is 0 Å². The van der Waals surface area contributed by atoms with Gasteiger partial charge in [0.1, 0.15) is 17.5 Å². The summed E-state index contributed by atoms with van der Waals surface area (Å²) in [5, 5.41) is 8.73. The van der Waals surface area contributed by atoms with Gasteiger partial charge in [-0.1, -0.05) is 0 Å². The maximum atomic E-state index is 11.5. The fourth-order valence-corrected chi connectivity index (χ4v) is 1.72. The van der Waals surface area contributed by atoms with Crippen LogP contribution in [0.1, 0.15) is 42.1 Å². The Morgan fingerprint density at radius 3 is 2.88 bits per heavy atom. The van der Waals surface area contributed by atoms with Crippen LogP contribution >= 0.6 is 0 Å². The molecule has 1 aromatic heterocycles. The van der Waals surface area contributed by atoms with E-state index in [-0.39, 0.29) is 11.7 Å². The maximum absolute atomic E-state index is 11.5. The van der Waals surface area contributed by atoms with Crippen LogP contribution in [0.3, 0.4) is 0 Å². The van der Waals surface area contributed by atoms with Crippen molar-refractivity contribution in [2.75, 3.05) is 6.61 Å². The average Bonchev–Trinajstić information content (AvgIpc) is 3.09. The molecule has 1 saturated carbocycles. The second-order valence-electron chi connectivity index (χ2n) is 4.03. The molecule has 6 heteroatoms. The van der Waals surface area contributed by atoms with E-state index in [2.05, 4.69) is 9.97 Å². The summed E-state index contributed by atoms with van der Waals surface area (Å²) in [7, 11) is 0. The molecule has 1 aliphatic rings. The number of H-pyrrole nitrogens is 1. The zero-order valence-electron chi connectivity index (χ0n) is 9.47. The van der Waals surface area contributed by atoms with Crippen molar-refractivity contribution in [1.29, 1.82) is 0 Å². The van der Waals surface area contributed by atoms with Gasteiger partial charge in [-0.2, -0.15) is 0 Å². The van der Waals surface area contributed by atoms with Crippen molar-refractivity contribution < 1.29 is 14.6 Å². The molecular weight excluding hydrogens is 224 g/mol. The maximum Gasteiger partial charge on any atom is 0.342 e. The molecule has 0 saturated heterocycles. The molecule has 0 radical (unpaired) electrons. The smallest absolute Gasteiger partial charge is 0.342 e. The summed E-state index contributed by atoms with van der Waals surface area (Å²) in [4.78, 5) is 28.7. The Labute approximate surface area is 97.7 Å². The number of carboxylic acids is 1. The molecule has 1 aliphatic carbocycles. The molecule has 1 atom stereocenters. The van der Waals surface area contributed by atoms with Gasteiger partial charge in [0.2, 0.25) is 0 Å². The summed E-state index contributed by atoms with van der Waals surface area (Å²) in [6, 6.07) is 0. The molecule has 1 aromatic rings. The quantitative estimate of drug-likeness (QED) is 0.796. The number of hydrogen-bond donors (Lipinski definition) is 2. The van der Waals surface area contributed by atoms with Crippen molar-refractivity contribution in [2.45, 2.75) is 25.9 Å². The Balaban J connectivity index is 2.29. The fraction of sp³-hybridized carbons (Fsp3) is 0.545. The van der Waals surface area contributed by atoms with Crippen molar-refractivity contribution in [2.24, 2.45) is 5.92 Å². The number of rotatable bonds is 5. The minimum Gasteiger partial charge on any atom is -0.477 e. The molecule has 0 bridgehead atoms. The van der Waals surface area contributed by atoms with Crippen LogP contribution in [-0.2, 0) is 4.74 Å². The summed E-state index contributed by atoms with van der Waals surface area (Å²) in [6.07, 6.45) is 2.96. The molecule has 0 spiro atoms. The Morgan fingerprint density at radius 1 is 1.71 bits per heavy atom. The molecule has 2 N–H and O–H groups in total. The lowest BCUT2D eigenvalue weighted by atomic mass is 10.2. The summed E-state index contributed by atoms with van der Waals surface area (Å²) in [5.41, 5.74) is -0.979. The van der Waals surface area contributed by atoms with Crippen LogP contribution in [0, 0.1) is 5.92 Å². The van der Waals surface area contributed by atoms with Crippen molar-refractivity contribution in [1.82, 2.24) is 9.97 Å². The molecule has 92 valence electrons. The number of carbonyl (C=O) groups is 1. The Kier molecular flexibility index (Phi) is 3.23. The Morgan fingerprint density at radius 2 is 2.41 bits per heavy atom. The lowest BCUT2D eigenvalue weighted by Gasteiger charge is -2.14. The predicted molar refractivity (Wildman–Crippen MR) is 58.9 cm³/mol. The number of aromatic nitrogens is 2. The van der Waals surface area contributed by atoms with Crippen LogP contribution in [0.4, 0.5) is 0 Å². The van der Waals surface area contributed by atoms with Gasteiger partial charge in [0, 0.05) is 12.8 Å². The molecule has 0 aliphatic heterocycles. The van der Waals surface area contributed by atoms with Gasteiger partial charge in [-0.25, -0.2) is 9.78 Å². The lowest BCUT2D eigenvalue weighted by molar-refractivity contribution is 0.0397. The second kappa shape index (κ2) is 4.67. The SMILES string of the molecule is CCOC(c1ncc(C(=O)O)c(=O)[nH]1)C1CC1. The molecular formula is C11H14N2O4. The summed E-state index contributed by atoms with van der Waals surface area (Å²) >= 11 is 0. The van der Waals surface area contributed by atoms with Crippen LogP contribution in [-0.4, -0.2) is 27.7 Å². The number of aromatic amines is 1. The van der Waals surface area contributed by atoms with Crippen LogP contribution in [0.15, 0.2) is 11.0 Å². The van der Waals surface area contributed by atoms with Gasteiger partial charge in [0.25, 0.3) is 5.56 Å². The third-order valence-electron chi connectivity index (χ3n) is 2.72. The van der Waals surface area contributed by atoms with Crippen molar-refractivity contribution >= 4 is 5.97 Å². The molecule has 17 heavy (non-hydrogen) atoms. The first-order valence-corrected chi connectivity index (χ1v) is 5.57. The normalized spacial score (nSPS) is 16.8. The van der Waals surface area contributed by atoms with Crippen LogP contribution < -0.4 is 5.56 Å². The minimum absolute atomic E-state index is 0.226. The highest BCUT2D eigenvalue weighted by molar-refractivity contribution is 5.86. The predicted octanol–water partition coefficient (Wildman–Crippen LogP) is 0.956.